The fourth-order valence-electron chi connectivity index (χ4n) is 2.72. The van der Waals surface area contributed by atoms with Crippen LogP contribution >= 0.6 is 24.0 Å². The standard InChI is InChI=1S/C21H20N2O4S2/c1-3-23-20(25)18(29-21(23)28)12-14-8-4-6-10-16(14)27-13-19(24)22-15-9-5-7-11-17(15)26-2/h4-12H,3,13H2,1-2H3,(H,22,24). The molecular formula is C21H20N2O4S2. The molecule has 2 aromatic carbocycles. The summed E-state index contributed by atoms with van der Waals surface area (Å²) in [6.45, 7) is 2.23. The predicted molar refractivity (Wildman–Crippen MR) is 119 cm³/mol. The average Bonchev–Trinajstić information content (AvgIpc) is 3.00. The van der Waals surface area contributed by atoms with E-state index in [0.29, 0.717) is 38.5 Å². The number of hydrogen-bond acceptors (Lipinski definition) is 6. The Labute approximate surface area is 178 Å². The molecule has 0 unspecified atom stereocenters. The second kappa shape index (κ2) is 9.58. The first-order valence-corrected chi connectivity index (χ1v) is 10.2. The number of likely N-dealkylation sites (N-methyl/N-ethyl adjacent to an activating group) is 1. The highest BCUT2D eigenvalue weighted by Crippen LogP contribution is 2.34. The normalized spacial score (nSPS) is 15.0. The van der Waals surface area contributed by atoms with Gasteiger partial charge in [0.25, 0.3) is 11.8 Å². The minimum atomic E-state index is -0.318. The van der Waals surface area contributed by atoms with Crippen LogP contribution in [0.3, 0.4) is 0 Å². The van der Waals surface area contributed by atoms with Crippen molar-refractivity contribution in [2.24, 2.45) is 0 Å². The number of carbonyl (C=O) groups excluding carboxylic acids is 2. The second-order valence-electron chi connectivity index (χ2n) is 6.00. The van der Waals surface area contributed by atoms with Crippen molar-refractivity contribution < 1.29 is 19.1 Å². The summed E-state index contributed by atoms with van der Waals surface area (Å²) in [5.41, 5.74) is 1.27. The van der Waals surface area contributed by atoms with Gasteiger partial charge in [-0.05, 0) is 31.2 Å². The van der Waals surface area contributed by atoms with Gasteiger partial charge in [0.15, 0.2) is 6.61 Å². The Kier molecular flexibility index (Phi) is 6.90. The van der Waals surface area contributed by atoms with Gasteiger partial charge < -0.3 is 14.8 Å². The quantitative estimate of drug-likeness (QED) is 0.532. The van der Waals surface area contributed by atoms with Crippen LogP contribution in [0.2, 0.25) is 0 Å². The lowest BCUT2D eigenvalue weighted by atomic mass is 10.2. The largest absolute Gasteiger partial charge is 0.495 e. The van der Waals surface area contributed by atoms with Crippen molar-refractivity contribution in [1.29, 1.82) is 0 Å². The van der Waals surface area contributed by atoms with E-state index < -0.39 is 0 Å². The first-order valence-electron chi connectivity index (χ1n) is 8.93. The molecule has 150 valence electrons. The van der Waals surface area contributed by atoms with Crippen molar-refractivity contribution >= 4 is 51.9 Å². The number of para-hydroxylation sites is 3. The molecule has 29 heavy (non-hydrogen) atoms. The number of ether oxygens (including phenoxy) is 2. The molecule has 0 atom stereocenters. The number of nitrogens with one attached hydrogen (secondary N) is 1. The van der Waals surface area contributed by atoms with Crippen LogP contribution in [0, 0.1) is 0 Å². The summed E-state index contributed by atoms with van der Waals surface area (Å²) < 4.78 is 11.5. The van der Waals surface area contributed by atoms with Crippen LogP contribution in [-0.4, -0.2) is 41.3 Å². The molecule has 0 aromatic heterocycles. The van der Waals surface area contributed by atoms with Crippen molar-refractivity contribution in [1.82, 2.24) is 4.90 Å². The average molecular weight is 429 g/mol. The minimum Gasteiger partial charge on any atom is -0.495 e. The molecule has 1 aliphatic rings. The van der Waals surface area contributed by atoms with Crippen LogP contribution in [0.15, 0.2) is 53.4 Å². The van der Waals surface area contributed by atoms with Crippen LogP contribution in [0.25, 0.3) is 6.08 Å². The summed E-state index contributed by atoms with van der Waals surface area (Å²) in [4.78, 5) is 26.8. The zero-order valence-electron chi connectivity index (χ0n) is 16.0. The number of methoxy groups -OCH3 is 1. The molecule has 1 aliphatic heterocycles. The van der Waals surface area contributed by atoms with Crippen LogP contribution in [0.4, 0.5) is 5.69 Å². The molecule has 1 N–H and O–H groups in total. The molecule has 2 amide bonds. The predicted octanol–water partition coefficient (Wildman–Crippen LogP) is 3.93. The maximum atomic E-state index is 12.4. The summed E-state index contributed by atoms with van der Waals surface area (Å²) in [6, 6.07) is 14.4. The van der Waals surface area contributed by atoms with E-state index in [1.165, 1.54) is 11.8 Å². The molecule has 2 aromatic rings. The highest BCUT2D eigenvalue weighted by molar-refractivity contribution is 8.26. The van der Waals surface area contributed by atoms with Crippen molar-refractivity contribution in [3.63, 3.8) is 0 Å². The Hall–Kier alpha value is -2.84. The van der Waals surface area contributed by atoms with Gasteiger partial charge in [-0.15, -0.1) is 0 Å². The van der Waals surface area contributed by atoms with Gasteiger partial charge in [-0.3, -0.25) is 14.5 Å². The Morgan fingerprint density at radius 1 is 1.17 bits per heavy atom. The molecule has 1 heterocycles. The second-order valence-corrected chi connectivity index (χ2v) is 7.68. The third-order valence-corrected chi connectivity index (χ3v) is 5.51. The molecule has 0 aliphatic carbocycles. The summed E-state index contributed by atoms with van der Waals surface area (Å²) in [6.07, 6.45) is 1.74. The number of amides is 2. The SMILES string of the molecule is CCN1C(=O)C(=Cc2ccccc2OCC(=O)Nc2ccccc2OC)SC1=S. The number of thioether (sulfide) groups is 1. The number of anilines is 1. The van der Waals surface area contributed by atoms with E-state index in [9.17, 15) is 9.59 Å². The number of nitrogens with zero attached hydrogens (tertiary/aromatic N) is 1. The van der Waals surface area contributed by atoms with Gasteiger partial charge in [0.05, 0.1) is 17.7 Å². The van der Waals surface area contributed by atoms with Crippen LogP contribution in [-0.2, 0) is 9.59 Å². The molecule has 0 radical (unpaired) electrons. The lowest BCUT2D eigenvalue weighted by Crippen LogP contribution is -2.27. The third-order valence-electron chi connectivity index (χ3n) is 4.14. The van der Waals surface area contributed by atoms with E-state index in [1.54, 1.807) is 42.4 Å². The van der Waals surface area contributed by atoms with E-state index in [0.717, 1.165) is 0 Å². The van der Waals surface area contributed by atoms with Gasteiger partial charge >= 0.3 is 0 Å². The smallest absolute Gasteiger partial charge is 0.266 e. The lowest BCUT2D eigenvalue weighted by molar-refractivity contribution is -0.122. The van der Waals surface area contributed by atoms with Crippen LogP contribution < -0.4 is 14.8 Å². The molecular weight excluding hydrogens is 408 g/mol. The Bertz CT molecular complexity index is 975. The van der Waals surface area contributed by atoms with Gasteiger partial charge in [0.1, 0.15) is 15.8 Å². The fraction of sp³-hybridized carbons (Fsp3) is 0.190. The number of carbonyl (C=O) groups is 2. The molecule has 3 rings (SSSR count). The number of thiocarbonyl (C=S) groups is 1. The van der Waals surface area contributed by atoms with Crippen molar-refractivity contribution in [2.45, 2.75) is 6.92 Å². The Morgan fingerprint density at radius 3 is 2.55 bits per heavy atom. The summed E-state index contributed by atoms with van der Waals surface area (Å²) >= 11 is 6.50. The summed E-state index contributed by atoms with van der Waals surface area (Å²) in [5.74, 6) is 0.636. The van der Waals surface area contributed by atoms with Crippen molar-refractivity contribution in [3.8, 4) is 11.5 Å². The summed E-state index contributed by atoms with van der Waals surface area (Å²) in [7, 11) is 1.54. The van der Waals surface area contributed by atoms with E-state index in [1.807, 2.05) is 31.2 Å². The van der Waals surface area contributed by atoms with Gasteiger partial charge in [0.2, 0.25) is 0 Å². The van der Waals surface area contributed by atoms with Crippen molar-refractivity contribution in [3.05, 3.63) is 59.0 Å². The number of rotatable bonds is 7. The summed E-state index contributed by atoms with van der Waals surface area (Å²) in [5, 5.41) is 2.76. The molecule has 1 fully saturated rings. The zero-order chi connectivity index (χ0) is 20.8. The minimum absolute atomic E-state index is 0.119. The van der Waals surface area contributed by atoms with Crippen LogP contribution in [0.5, 0.6) is 11.5 Å². The van der Waals surface area contributed by atoms with E-state index >= 15 is 0 Å². The molecule has 8 heteroatoms. The van der Waals surface area contributed by atoms with Crippen LogP contribution in [0.1, 0.15) is 12.5 Å². The first kappa shape index (κ1) is 20.9. The molecule has 6 nitrogen and oxygen atoms in total. The lowest BCUT2D eigenvalue weighted by Gasteiger charge is -2.12. The maximum Gasteiger partial charge on any atom is 0.266 e. The maximum absolute atomic E-state index is 12.4. The van der Waals surface area contributed by atoms with Crippen molar-refractivity contribution in [2.75, 3.05) is 25.6 Å². The topological polar surface area (TPSA) is 67.9 Å². The Morgan fingerprint density at radius 2 is 1.86 bits per heavy atom. The molecule has 0 saturated carbocycles. The van der Waals surface area contributed by atoms with E-state index in [2.05, 4.69) is 5.32 Å². The zero-order valence-corrected chi connectivity index (χ0v) is 17.6. The van der Waals surface area contributed by atoms with Gasteiger partial charge in [-0.2, -0.15) is 0 Å². The van der Waals surface area contributed by atoms with Gasteiger partial charge in [0, 0.05) is 12.1 Å². The Balaban J connectivity index is 1.70. The fourth-order valence-corrected chi connectivity index (χ4v) is 4.10. The highest BCUT2D eigenvalue weighted by atomic mass is 32.2. The first-order chi connectivity index (χ1) is 14.0. The van der Waals surface area contributed by atoms with E-state index in [4.69, 9.17) is 21.7 Å². The number of hydrogen-bond donors (Lipinski definition) is 1. The highest BCUT2D eigenvalue weighted by Gasteiger charge is 2.30. The third kappa shape index (κ3) is 4.96. The molecule has 0 spiro atoms. The molecule has 1 saturated heterocycles. The van der Waals surface area contributed by atoms with Gasteiger partial charge in [-0.25, -0.2) is 0 Å². The van der Waals surface area contributed by atoms with Gasteiger partial charge in [-0.1, -0.05) is 54.3 Å². The molecule has 0 bridgehead atoms. The van der Waals surface area contributed by atoms with E-state index in [-0.39, 0.29) is 18.4 Å². The number of benzene rings is 2. The monoisotopic (exact) mass is 428 g/mol.